The van der Waals surface area contributed by atoms with Crippen molar-refractivity contribution in [2.45, 2.75) is 209 Å². The molecule has 40 heteroatoms. The van der Waals surface area contributed by atoms with Crippen LogP contribution in [0.15, 0.2) is 35.3 Å². The number of aliphatic hydroxyl groups is 2. The number of rotatable bonds is 50. The van der Waals surface area contributed by atoms with E-state index in [1.54, 1.807) is 43.5 Å². The molecule has 1 saturated heterocycles. The number of unbranched alkanes of at least 4 members (excludes halogenated alkanes) is 2. The number of nitrogens with two attached hydrogens (primary N) is 5. The van der Waals surface area contributed by atoms with Gasteiger partial charge in [-0.25, -0.2) is 4.79 Å². The highest BCUT2D eigenvalue weighted by atomic mass is 32.2. The van der Waals surface area contributed by atoms with E-state index in [2.05, 4.69) is 81.4 Å². The lowest BCUT2D eigenvalue weighted by Crippen LogP contribution is -2.62. The first-order chi connectivity index (χ1) is 49.6. The number of hydrogen-bond acceptors (Lipinski definition) is 23. The third-order valence-electron chi connectivity index (χ3n) is 16.8. The van der Waals surface area contributed by atoms with Crippen molar-refractivity contribution in [1.29, 1.82) is 0 Å². The third kappa shape index (κ3) is 33.8. The van der Waals surface area contributed by atoms with Crippen LogP contribution in [0.25, 0.3) is 0 Å². The van der Waals surface area contributed by atoms with Gasteiger partial charge in [-0.05, 0) is 128 Å². The van der Waals surface area contributed by atoms with Crippen LogP contribution in [0.5, 0.6) is 0 Å². The minimum atomic E-state index is -1.83. The molecule has 1 fully saturated rings. The number of benzene rings is 1. The molecule has 38 nitrogen and oxygen atoms in total. The van der Waals surface area contributed by atoms with Crippen molar-refractivity contribution in [1.82, 2.24) is 68.7 Å². The van der Waals surface area contributed by atoms with Crippen LogP contribution in [0.2, 0.25) is 0 Å². The zero-order valence-electron chi connectivity index (χ0n) is 60.2. The number of carbonyl (C=O) groups is 15. The maximum Gasteiger partial charge on any atom is 0.326 e. The second kappa shape index (κ2) is 48.9. The maximum absolute atomic E-state index is 14.3. The summed E-state index contributed by atoms with van der Waals surface area (Å²) in [5.74, 6) is -15.7. The number of carboxylic acid groups (broad SMARTS) is 2. The van der Waals surface area contributed by atoms with Gasteiger partial charge in [0.1, 0.15) is 66.5 Å². The second-order valence-corrected chi connectivity index (χ2v) is 26.7. The standard InChI is InChI=1S/C65H109N19O19S2/c1-7-34(2)50(68)60(98)77-39(19-11-13-24-66)56(94)79-44(30-49(89)90)54(92)72-31-47(87)74-35(3)53(91)82-51(36(4)85)61(99)78-41(23-28-105-6)57(95)76-40(20-12-14-25-67)58(96)83-52(37(5)86)62(100)80-43(29-38-17-9-8-10-18-38)59(97)81-45(33-104)55(93)73-32-48(88)75-42(21-15-26-71-65(69)70)63(101)84-27-16-22-46(84)64(102)103/h8-10,17-18,34-37,39-46,50-52,85-86,104H,7,11-16,19-33,66-68H2,1-6H3,(H,72,92)(H,73,93)(H,74,87)(H,75,88)(H,76,95)(H,77,98)(H,78,99)(H,79,94)(H,80,100)(H,81,97)(H,82,91)(H,83,96)(H,89,90)(H,102,103)(H4,69,70,71)/t34-,35-,36+,37+,39-,40-,41-,42-,43-,44-,45-,46-,50-,51-,52-/m0/s1. The summed E-state index contributed by atoms with van der Waals surface area (Å²) in [4.78, 5) is 207. The largest absolute Gasteiger partial charge is 0.481 e. The highest BCUT2D eigenvalue weighted by molar-refractivity contribution is 7.98. The molecule has 105 heavy (non-hydrogen) atoms. The average molecular weight is 1520 g/mol. The van der Waals surface area contributed by atoms with Gasteiger partial charge in [0.05, 0.1) is 37.8 Å². The van der Waals surface area contributed by atoms with Gasteiger partial charge >= 0.3 is 11.9 Å². The topological polar surface area (TPSA) is 627 Å². The molecule has 0 radical (unpaired) electrons. The van der Waals surface area contributed by atoms with Gasteiger partial charge < -0.3 is 118 Å². The molecule has 590 valence electrons. The first-order valence-electron chi connectivity index (χ1n) is 34.7. The number of likely N-dealkylation sites (tertiary alicyclic amines) is 1. The zero-order chi connectivity index (χ0) is 79.0. The molecule has 1 heterocycles. The van der Waals surface area contributed by atoms with E-state index in [0.717, 1.165) is 18.7 Å². The first kappa shape index (κ1) is 92.1. The Morgan fingerprint density at radius 3 is 1.54 bits per heavy atom. The number of carbonyl (C=O) groups excluding carboxylic acids is 13. The fourth-order valence-electron chi connectivity index (χ4n) is 10.6. The maximum atomic E-state index is 14.3. The van der Waals surface area contributed by atoms with E-state index < -0.39 is 193 Å². The van der Waals surface area contributed by atoms with Crippen molar-refractivity contribution in [2.24, 2.45) is 39.6 Å². The second-order valence-electron chi connectivity index (χ2n) is 25.4. The van der Waals surface area contributed by atoms with Crippen molar-refractivity contribution in [3.8, 4) is 0 Å². The zero-order valence-corrected chi connectivity index (χ0v) is 61.9. The Morgan fingerprint density at radius 2 is 1.04 bits per heavy atom. The van der Waals surface area contributed by atoms with Crippen molar-refractivity contribution in [3.63, 3.8) is 0 Å². The van der Waals surface area contributed by atoms with Crippen LogP contribution in [-0.2, 0) is 78.3 Å². The van der Waals surface area contributed by atoms with E-state index in [1.165, 1.54) is 18.7 Å². The fraction of sp³-hybridized carbons (Fsp3) is 0.662. The molecule has 13 amide bonds. The molecule has 0 saturated carbocycles. The number of thioether (sulfide) groups is 1. The highest BCUT2D eigenvalue weighted by Crippen LogP contribution is 2.20. The predicted octanol–water partition coefficient (Wildman–Crippen LogP) is -6.99. The van der Waals surface area contributed by atoms with Crippen LogP contribution in [0.4, 0.5) is 0 Å². The summed E-state index contributed by atoms with van der Waals surface area (Å²) in [5.41, 5.74) is 28.8. The number of hydrogen-bond donors (Lipinski definition) is 22. The smallest absolute Gasteiger partial charge is 0.326 e. The molecule has 1 aromatic rings. The monoisotopic (exact) mass is 1520 g/mol. The molecule has 0 unspecified atom stereocenters. The number of guanidine groups is 1. The molecule has 0 aromatic heterocycles. The molecule has 2 rings (SSSR count). The third-order valence-corrected chi connectivity index (χ3v) is 17.9. The molecule has 0 bridgehead atoms. The Bertz CT molecular complexity index is 3100. The average Bonchev–Trinajstić information content (AvgIpc) is 1.24. The summed E-state index contributed by atoms with van der Waals surface area (Å²) in [7, 11) is 0. The van der Waals surface area contributed by atoms with Gasteiger partial charge in [0.15, 0.2) is 5.96 Å². The van der Waals surface area contributed by atoms with Crippen molar-refractivity contribution >= 4 is 119 Å². The number of amides is 13. The van der Waals surface area contributed by atoms with Crippen LogP contribution in [-0.4, -0.2) is 262 Å². The molecule has 15 atom stereocenters. The normalized spacial score (nSPS) is 16.5. The number of aliphatic hydroxyl groups excluding tert-OH is 2. The summed E-state index contributed by atoms with van der Waals surface area (Å²) < 4.78 is 0. The lowest BCUT2D eigenvalue weighted by atomic mass is 9.98. The molecule has 1 aliphatic heterocycles. The Labute approximate surface area is 619 Å². The molecule has 26 N–H and O–H groups in total. The van der Waals surface area contributed by atoms with E-state index in [0.29, 0.717) is 37.7 Å². The van der Waals surface area contributed by atoms with Crippen LogP contribution in [0.1, 0.15) is 124 Å². The summed E-state index contributed by atoms with van der Waals surface area (Å²) in [6, 6.07) is -9.16. The SMILES string of the molecule is CC[C@H](C)[C@H](N)C(=O)N[C@@H](CCCCN)C(=O)N[C@@H](CC(=O)O)C(=O)NCC(=O)N[C@@H](C)C(=O)N[C@H](C(=O)N[C@@H](CCSC)C(=O)N[C@@H](CCCCN)C(=O)N[C@H](C(=O)N[C@@H](Cc1ccccc1)C(=O)N[C@@H](CS)C(=O)NCC(=O)N[C@@H](CCCN=C(N)N)C(=O)N1CCC[C@H]1C(=O)O)[C@@H](C)O)[C@@H](C)O. The van der Waals surface area contributed by atoms with E-state index in [1.807, 2.05) is 6.92 Å². The molecule has 0 aliphatic carbocycles. The van der Waals surface area contributed by atoms with Crippen LogP contribution in [0.3, 0.4) is 0 Å². The summed E-state index contributed by atoms with van der Waals surface area (Å²) in [5, 5.41) is 70.3. The van der Waals surface area contributed by atoms with Gasteiger partial charge in [-0.15, -0.1) is 0 Å². The first-order valence-corrected chi connectivity index (χ1v) is 36.7. The summed E-state index contributed by atoms with van der Waals surface area (Å²) >= 11 is 5.50. The van der Waals surface area contributed by atoms with Gasteiger partial charge in [-0.3, -0.25) is 72.1 Å². The summed E-state index contributed by atoms with van der Waals surface area (Å²) in [6.07, 6.45) is -0.210. The van der Waals surface area contributed by atoms with Gasteiger partial charge in [-0.2, -0.15) is 24.4 Å². The van der Waals surface area contributed by atoms with Gasteiger partial charge in [0, 0.05) is 25.3 Å². The number of nitrogens with one attached hydrogen (secondary N) is 12. The number of aliphatic imine (C=N–C) groups is 1. The minimum Gasteiger partial charge on any atom is -0.481 e. The molecule has 1 aromatic carbocycles. The molecular formula is C65H109N19O19S2. The number of carboxylic acids is 2. The summed E-state index contributed by atoms with van der Waals surface area (Å²) in [6.45, 7) is 6.08. The number of aliphatic carboxylic acids is 2. The molecule has 0 spiro atoms. The predicted molar refractivity (Wildman–Crippen MR) is 389 cm³/mol. The molecular weight excluding hydrogens is 1410 g/mol. The lowest BCUT2D eigenvalue weighted by Gasteiger charge is -2.29. The number of nitrogens with zero attached hydrogens (tertiary/aromatic N) is 2. The van der Waals surface area contributed by atoms with Crippen molar-refractivity contribution in [3.05, 3.63) is 35.9 Å². The van der Waals surface area contributed by atoms with Crippen LogP contribution >= 0.6 is 24.4 Å². The quantitative estimate of drug-likeness (QED) is 0.0125. The Hall–Kier alpha value is -8.96. The van der Waals surface area contributed by atoms with Crippen molar-refractivity contribution in [2.75, 3.05) is 57.0 Å². The molecule has 1 aliphatic rings. The van der Waals surface area contributed by atoms with Crippen molar-refractivity contribution < 1.29 is 92.3 Å². The fourth-order valence-corrected chi connectivity index (χ4v) is 11.3. The van der Waals surface area contributed by atoms with E-state index in [4.69, 9.17) is 28.7 Å². The van der Waals surface area contributed by atoms with Gasteiger partial charge in [-0.1, -0.05) is 50.6 Å². The van der Waals surface area contributed by atoms with Crippen LogP contribution < -0.4 is 92.5 Å². The Morgan fingerprint density at radius 1 is 0.571 bits per heavy atom. The number of thiol groups is 1. The minimum absolute atomic E-state index is 0.00568. The van der Waals surface area contributed by atoms with Crippen LogP contribution in [0, 0.1) is 5.92 Å². The Balaban J connectivity index is 2.28. The van der Waals surface area contributed by atoms with E-state index in [-0.39, 0.29) is 101 Å². The highest BCUT2D eigenvalue weighted by Gasteiger charge is 2.40. The van der Waals surface area contributed by atoms with Gasteiger partial charge in [0.2, 0.25) is 76.8 Å². The lowest BCUT2D eigenvalue weighted by molar-refractivity contribution is -0.149. The van der Waals surface area contributed by atoms with Gasteiger partial charge in [0.25, 0.3) is 0 Å². The van der Waals surface area contributed by atoms with E-state index in [9.17, 15) is 92.3 Å². The van der Waals surface area contributed by atoms with E-state index >= 15 is 0 Å². The Kier molecular flexibility index (Phi) is 42.9.